The first kappa shape index (κ1) is 12.5. The van der Waals surface area contributed by atoms with Crippen molar-refractivity contribution < 1.29 is 9.36 Å². The summed E-state index contributed by atoms with van der Waals surface area (Å²) in [7, 11) is 0. The summed E-state index contributed by atoms with van der Waals surface area (Å²) in [6.45, 7) is 7.83. The summed E-state index contributed by atoms with van der Waals surface area (Å²) in [4.78, 5) is 11.7. The number of carbonyl (C=O) groups is 1. The molecule has 2 rings (SSSR count). The van der Waals surface area contributed by atoms with Crippen LogP contribution in [-0.2, 0) is 0 Å². The van der Waals surface area contributed by atoms with Gasteiger partial charge in [0.05, 0.1) is 5.56 Å². The van der Waals surface area contributed by atoms with Crippen LogP contribution in [0.2, 0.25) is 0 Å². The van der Waals surface area contributed by atoms with Crippen LogP contribution in [0.4, 0.5) is 0 Å². The molecule has 1 aromatic carbocycles. The van der Waals surface area contributed by atoms with Crippen molar-refractivity contribution in [3.8, 4) is 5.69 Å². The monoisotopic (exact) mass is 240 g/mol. The molecule has 0 radical (unpaired) electrons. The highest BCUT2D eigenvalue weighted by atomic mass is 16.1. The molecule has 0 aliphatic carbocycles. The lowest BCUT2D eigenvalue weighted by atomic mass is 10.1. The van der Waals surface area contributed by atoms with Crippen LogP contribution in [-0.4, -0.2) is 5.78 Å². The van der Waals surface area contributed by atoms with Crippen LogP contribution in [0, 0.1) is 20.8 Å². The third-order valence-corrected chi connectivity index (χ3v) is 3.10. The van der Waals surface area contributed by atoms with Gasteiger partial charge in [-0.05, 0) is 25.5 Å². The molecule has 0 aliphatic heterocycles. The van der Waals surface area contributed by atoms with Gasteiger partial charge in [0.1, 0.15) is 0 Å². The number of pyridine rings is 1. The van der Waals surface area contributed by atoms with Crippen molar-refractivity contribution in [2.75, 3.05) is 0 Å². The molecule has 0 aliphatic rings. The molecule has 1 heterocycles. The average molecular weight is 240 g/mol. The van der Waals surface area contributed by atoms with Crippen molar-refractivity contribution in [3.63, 3.8) is 0 Å². The molecule has 18 heavy (non-hydrogen) atoms. The molecule has 2 aromatic rings. The molecule has 0 saturated carbocycles. The Morgan fingerprint density at radius 2 is 1.56 bits per heavy atom. The predicted molar refractivity (Wildman–Crippen MR) is 72.2 cm³/mol. The van der Waals surface area contributed by atoms with Crippen molar-refractivity contribution in [3.05, 3.63) is 58.9 Å². The first-order valence-corrected chi connectivity index (χ1v) is 6.11. The number of ketones is 1. The largest absolute Gasteiger partial charge is 0.294 e. The van der Waals surface area contributed by atoms with Crippen LogP contribution in [0.25, 0.3) is 5.69 Å². The van der Waals surface area contributed by atoms with Gasteiger partial charge in [-0.3, -0.25) is 4.79 Å². The van der Waals surface area contributed by atoms with E-state index in [4.69, 9.17) is 0 Å². The Kier molecular flexibility index (Phi) is 3.28. The molecule has 0 bridgehead atoms. The van der Waals surface area contributed by atoms with E-state index in [1.54, 1.807) is 6.92 Å². The van der Waals surface area contributed by atoms with E-state index in [-0.39, 0.29) is 5.78 Å². The quantitative estimate of drug-likeness (QED) is 0.583. The van der Waals surface area contributed by atoms with Gasteiger partial charge in [-0.15, -0.1) is 0 Å². The molecule has 2 nitrogen and oxygen atoms in total. The van der Waals surface area contributed by atoms with Crippen LogP contribution >= 0.6 is 0 Å². The van der Waals surface area contributed by atoms with Crippen LogP contribution in [0.5, 0.6) is 0 Å². The van der Waals surface area contributed by atoms with Crippen molar-refractivity contribution >= 4 is 5.78 Å². The second-order valence-electron chi connectivity index (χ2n) is 4.72. The second-order valence-corrected chi connectivity index (χ2v) is 4.72. The molecule has 92 valence electrons. The predicted octanol–water partition coefficient (Wildman–Crippen LogP) is 3.09. The molecule has 0 saturated heterocycles. The number of nitrogens with zero attached hydrogens (tertiary/aromatic N) is 1. The fourth-order valence-corrected chi connectivity index (χ4v) is 2.45. The SMILES string of the molecule is CC(=O)c1ccccc1-[n+]1c(C)cc(C)cc1C. The van der Waals surface area contributed by atoms with Gasteiger partial charge in [0.15, 0.2) is 17.2 Å². The number of rotatable bonds is 2. The molecule has 0 spiro atoms. The van der Waals surface area contributed by atoms with Crippen molar-refractivity contribution in [1.82, 2.24) is 0 Å². The van der Waals surface area contributed by atoms with E-state index in [9.17, 15) is 4.79 Å². The molecular weight excluding hydrogens is 222 g/mol. The molecule has 2 heteroatoms. The van der Waals surface area contributed by atoms with Crippen LogP contribution in [0.3, 0.4) is 0 Å². The Bertz CT molecular complexity index is 591. The standard InChI is InChI=1S/C16H18NO/c1-11-9-12(2)17(13(3)10-11)16-8-6-5-7-15(16)14(4)18/h5-10H,1-4H3/q+1. The van der Waals surface area contributed by atoms with Gasteiger partial charge in [0.25, 0.3) is 0 Å². The van der Waals surface area contributed by atoms with Gasteiger partial charge in [-0.2, -0.15) is 4.57 Å². The third-order valence-electron chi connectivity index (χ3n) is 3.10. The summed E-state index contributed by atoms with van der Waals surface area (Å²) in [6.07, 6.45) is 0. The number of aryl methyl sites for hydroxylation is 3. The van der Waals surface area contributed by atoms with E-state index in [1.165, 1.54) is 5.56 Å². The normalized spacial score (nSPS) is 10.4. The number of benzene rings is 1. The van der Waals surface area contributed by atoms with Gasteiger partial charge >= 0.3 is 0 Å². The topological polar surface area (TPSA) is 20.9 Å². The van der Waals surface area contributed by atoms with E-state index in [1.807, 2.05) is 24.3 Å². The Morgan fingerprint density at radius 3 is 2.11 bits per heavy atom. The number of Topliss-reactive ketones (excluding diaryl/α,β-unsaturated/α-hetero) is 1. The molecule has 1 aromatic heterocycles. The lowest BCUT2D eigenvalue weighted by Gasteiger charge is -2.07. The van der Waals surface area contributed by atoms with Gasteiger partial charge < -0.3 is 0 Å². The molecule has 0 fully saturated rings. The Hall–Kier alpha value is -1.96. The molecule has 0 unspecified atom stereocenters. The molecule has 0 N–H and O–H groups in total. The minimum Gasteiger partial charge on any atom is -0.294 e. The number of hydrogen-bond donors (Lipinski definition) is 0. The van der Waals surface area contributed by atoms with E-state index < -0.39 is 0 Å². The number of carbonyl (C=O) groups excluding carboxylic acids is 1. The van der Waals surface area contributed by atoms with Crippen LogP contribution in [0.1, 0.15) is 34.2 Å². The van der Waals surface area contributed by atoms with E-state index in [0.29, 0.717) is 0 Å². The lowest BCUT2D eigenvalue weighted by Crippen LogP contribution is -2.39. The minimum absolute atomic E-state index is 0.0949. The summed E-state index contributed by atoms with van der Waals surface area (Å²) in [5.74, 6) is 0.0949. The maximum absolute atomic E-state index is 11.7. The zero-order chi connectivity index (χ0) is 13.3. The van der Waals surface area contributed by atoms with Crippen molar-refractivity contribution in [1.29, 1.82) is 0 Å². The number of aromatic nitrogens is 1. The maximum atomic E-state index is 11.7. The van der Waals surface area contributed by atoms with E-state index in [2.05, 4.69) is 37.5 Å². The first-order valence-electron chi connectivity index (χ1n) is 6.11. The van der Waals surface area contributed by atoms with E-state index in [0.717, 1.165) is 22.6 Å². The minimum atomic E-state index is 0.0949. The summed E-state index contributed by atoms with van der Waals surface area (Å²) >= 11 is 0. The van der Waals surface area contributed by atoms with Crippen molar-refractivity contribution in [2.45, 2.75) is 27.7 Å². The second kappa shape index (κ2) is 4.73. The highest BCUT2D eigenvalue weighted by Gasteiger charge is 2.20. The zero-order valence-electron chi connectivity index (χ0n) is 11.3. The molecule has 0 amide bonds. The maximum Gasteiger partial charge on any atom is 0.221 e. The highest BCUT2D eigenvalue weighted by molar-refractivity contribution is 5.96. The number of hydrogen-bond acceptors (Lipinski definition) is 1. The number of para-hydroxylation sites is 1. The van der Waals surface area contributed by atoms with E-state index >= 15 is 0 Å². The van der Waals surface area contributed by atoms with Gasteiger partial charge in [0, 0.05) is 32.0 Å². The van der Waals surface area contributed by atoms with Crippen LogP contribution < -0.4 is 4.57 Å². The Labute approximate surface area is 108 Å². The Morgan fingerprint density at radius 1 is 1.00 bits per heavy atom. The lowest BCUT2D eigenvalue weighted by molar-refractivity contribution is -0.609. The smallest absolute Gasteiger partial charge is 0.221 e. The summed E-state index contributed by atoms with van der Waals surface area (Å²) in [6, 6.07) is 12.0. The zero-order valence-corrected chi connectivity index (χ0v) is 11.3. The van der Waals surface area contributed by atoms with Crippen molar-refractivity contribution in [2.24, 2.45) is 0 Å². The first-order chi connectivity index (χ1) is 8.50. The summed E-state index contributed by atoms with van der Waals surface area (Å²) < 4.78 is 2.13. The van der Waals surface area contributed by atoms with Gasteiger partial charge in [-0.25, -0.2) is 0 Å². The van der Waals surface area contributed by atoms with Crippen LogP contribution in [0.15, 0.2) is 36.4 Å². The average Bonchev–Trinajstić information content (AvgIpc) is 2.28. The molecule has 0 atom stereocenters. The highest BCUT2D eigenvalue weighted by Crippen LogP contribution is 2.13. The molecular formula is C16H18NO+. The summed E-state index contributed by atoms with van der Waals surface area (Å²) in [5.41, 5.74) is 5.24. The Balaban J connectivity index is 2.74. The van der Waals surface area contributed by atoms with Gasteiger partial charge in [-0.1, -0.05) is 12.1 Å². The third kappa shape index (κ3) is 2.19. The van der Waals surface area contributed by atoms with Gasteiger partial charge in [0.2, 0.25) is 5.69 Å². The fourth-order valence-electron chi connectivity index (χ4n) is 2.45. The fraction of sp³-hybridized carbons (Fsp3) is 0.250. The summed E-state index contributed by atoms with van der Waals surface area (Å²) in [5, 5.41) is 0.